The third kappa shape index (κ3) is 3.08. The first-order valence-corrected chi connectivity index (χ1v) is 4.66. The van der Waals surface area contributed by atoms with Crippen molar-refractivity contribution in [1.82, 2.24) is 5.32 Å². The number of carboxylic acids is 1. The fourth-order valence-electron chi connectivity index (χ4n) is 1.70. The van der Waals surface area contributed by atoms with Gasteiger partial charge in [0.15, 0.2) is 0 Å². The SMILES string of the molecule is C#CCCC1CCCC(C(=O)O)N1. The molecule has 0 amide bonds. The number of piperidine rings is 1. The van der Waals surface area contributed by atoms with Crippen molar-refractivity contribution in [2.24, 2.45) is 0 Å². The van der Waals surface area contributed by atoms with E-state index in [1.807, 2.05) is 0 Å². The van der Waals surface area contributed by atoms with Crippen LogP contribution in [0.3, 0.4) is 0 Å². The lowest BCUT2D eigenvalue weighted by atomic mass is 9.96. The van der Waals surface area contributed by atoms with Gasteiger partial charge < -0.3 is 10.4 Å². The number of carboxylic acid groups (broad SMARTS) is 1. The summed E-state index contributed by atoms with van der Waals surface area (Å²) in [4.78, 5) is 10.7. The van der Waals surface area contributed by atoms with E-state index in [0.29, 0.717) is 6.04 Å². The molecule has 0 bridgehead atoms. The number of hydrogen-bond donors (Lipinski definition) is 2. The Morgan fingerprint density at radius 3 is 3.00 bits per heavy atom. The van der Waals surface area contributed by atoms with Crippen LogP contribution in [0.25, 0.3) is 0 Å². The van der Waals surface area contributed by atoms with Gasteiger partial charge in [0.25, 0.3) is 0 Å². The van der Waals surface area contributed by atoms with Crippen molar-refractivity contribution in [3.63, 3.8) is 0 Å². The summed E-state index contributed by atoms with van der Waals surface area (Å²) in [5.74, 6) is 1.83. The highest BCUT2D eigenvalue weighted by molar-refractivity contribution is 5.73. The van der Waals surface area contributed by atoms with Crippen LogP contribution in [0.1, 0.15) is 32.1 Å². The normalized spacial score (nSPS) is 27.9. The van der Waals surface area contributed by atoms with Crippen molar-refractivity contribution in [2.75, 3.05) is 0 Å². The zero-order valence-corrected chi connectivity index (χ0v) is 7.62. The lowest BCUT2D eigenvalue weighted by Gasteiger charge is -2.28. The molecule has 2 unspecified atom stereocenters. The molecule has 2 atom stereocenters. The van der Waals surface area contributed by atoms with Crippen molar-refractivity contribution in [3.05, 3.63) is 0 Å². The van der Waals surface area contributed by atoms with Crippen LogP contribution >= 0.6 is 0 Å². The van der Waals surface area contributed by atoms with Crippen LogP contribution in [0.15, 0.2) is 0 Å². The molecule has 0 aromatic heterocycles. The van der Waals surface area contributed by atoms with Gasteiger partial charge in [0.05, 0.1) is 0 Å². The fourth-order valence-corrected chi connectivity index (χ4v) is 1.70. The van der Waals surface area contributed by atoms with Crippen LogP contribution in [-0.4, -0.2) is 23.2 Å². The molecule has 0 spiro atoms. The maximum atomic E-state index is 10.7. The first-order chi connectivity index (χ1) is 6.24. The average molecular weight is 181 g/mol. The lowest BCUT2D eigenvalue weighted by Crippen LogP contribution is -2.46. The molecule has 1 saturated heterocycles. The van der Waals surface area contributed by atoms with Crippen LogP contribution in [0.5, 0.6) is 0 Å². The molecule has 72 valence electrons. The first-order valence-electron chi connectivity index (χ1n) is 4.66. The second-order valence-corrected chi connectivity index (χ2v) is 3.43. The van der Waals surface area contributed by atoms with Gasteiger partial charge in [0.2, 0.25) is 0 Å². The van der Waals surface area contributed by atoms with Gasteiger partial charge in [-0.05, 0) is 25.7 Å². The van der Waals surface area contributed by atoms with Crippen molar-refractivity contribution < 1.29 is 9.90 Å². The maximum Gasteiger partial charge on any atom is 0.320 e. The van der Waals surface area contributed by atoms with Crippen LogP contribution in [0.2, 0.25) is 0 Å². The Bertz CT molecular complexity index is 219. The molecular formula is C10H15NO2. The minimum Gasteiger partial charge on any atom is -0.480 e. The van der Waals surface area contributed by atoms with Gasteiger partial charge in [-0.3, -0.25) is 4.79 Å². The average Bonchev–Trinajstić information content (AvgIpc) is 2.15. The largest absolute Gasteiger partial charge is 0.480 e. The molecule has 1 aliphatic rings. The summed E-state index contributed by atoms with van der Waals surface area (Å²) < 4.78 is 0. The van der Waals surface area contributed by atoms with Gasteiger partial charge in [-0.2, -0.15) is 0 Å². The number of aliphatic carboxylic acids is 1. The predicted octanol–water partition coefficient (Wildman–Crippen LogP) is 0.995. The number of nitrogens with one attached hydrogen (secondary N) is 1. The minimum atomic E-state index is -0.745. The molecule has 1 heterocycles. The summed E-state index contributed by atoms with van der Waals surface area (Å²) in [7, 11) is 0. The molecule has 2 N–H and O–H groups in total. The first kappa shape index (κ1) is 10.1. The molecular weight excluding hydrogens is 166 g/mol. The van der Waals surface area contributed by atoms with Gasteiger partial charge >= 0.3 is 5.97 Å². The molecule has 1 rings (SSSR count). The Labute approximate surface area is 78.5 Å². The van der Waals surface area contributed by atoms with E-state index in [9.17, 15) is 4.79 Å². The number of carbonyl (C=O) groups is 1. The zero-order chi connectivity index (χ0) is 9.68. The fraction of sp³-hybridized carbons (Fsp3) is 0.700. The molecule has 1 aliphatic heterocycles. The Kier molecular flexibility index (Phi) is 3.78. The maximum absolute atomic E-state index is 10.7. The number of rotatable bonds is 3. The standard InChI is InChI=1S/C10H15NO2/c1-2-3-5-8-6-4-7-9(11-8)10(12)13/h1,8-9,11H,3-7H2,(H,12,13). The third-order valence-electron chi connectivity index (χ3n) is 2.42. The molecule has 0 aromatic carbocycles. The second-order valence-electron chi connectivity index (χ2n) is 3.43. The van der Waals surface area contributed by atoms with E-state index in [-0.39, 0.29) is 6.04 Å². The van der Waals surface area contributed by atoms with Gasteiger partial charge in [-0.15, -0.1) is 12.3 Å². The highest BCUT2D eigenvalue weighted by atomic mass is 16.4. The van der Waals surface area contributed by atoms with E-state index in [0.717, 1.165) is 32.1 Å². The van der Waals surface area contributed by atoms with Gasteiger partial charge in [-0.1, -0.05) is 0 Å². The van der Waals surface area contributed by atoms with Crippen molar-refractivity contribution in [2.45, 2.75) is 44.2 Å². The molecule has 3 heteroatoms. The van der Waals surface area contributed by atoms with E-state index in [4.69, 9.17) is 11.5 Å². The van der Waals surface area contributed by atoms with E-state index >= 15 is 0 Å². The van der Waals surface area contributed by atoms with E-state index in [2.05, 4.69) is 11.2 Å². The number of hydrogen-bond acceptors (Lipinski definition) is 2. The summed E-state index contributed by atoms with van der Waals surface area (Å²) in [5.41, 5.74) is 0. The van der Waals surface area contributed by atoms with Crippen molar-refractivity contribution >= 4 is 5.97 Å². The van der Waals surface area contributed by atoms with Gasteiger partial charge in [0, 0.05) is 12.5 Å². The smallest absolute Gasteiger partial charge is 0.320 e. The number of terminal acetylenes is 1. The molecule has 1 fully saturated rings. The molecule has 0 radical (unpaired) electrons. The van der Waals surface area contributed by atoms with Crippen molar-refractivity contribution in [1.29, 1.82) is 0 Å². The highest BCUT2D eigenvalue weighted by Gasteiger charge is 2.25. The van der Waals surface area contributed by atoms with Crippen LogP contribution in [-0.2, 0) is 4.79 Å². The topological polar surface area (TPSA) is 49.3 Å². The molecule has 3 nitrogen and oxygen atoms in total. The van der Waals surface area contributed by atoms with Crippen LogP contribution in [0, 0.1) is 12.3 Å². The zero-order valence-electron chi connectivity index (χ0n) is 7.62. The summed E-state index contributed by atoms with van der Waals surface area (Å²) in [6.45, 7) is 0. The quantitative estimate of drug-likeness (QED) is 0.638. The minimum absolute atomic E-state index is 0.297. The molecule has 0 aliphatic carbocycles. The molecule has 0 aromatic rings. The Balaban J connectivity index is 2.34. The summed E-state index contributed by atoms with van der Waals surface area (Å²) >= 11 is 0. The molecule has 13 heavy (non-hydrogen) atoms. The highest BCUT2D eigenvalue weighted by Crippen LogP contribution is 2.15. The summed E-state index contributed by atoms with van der Waals surface area (Å²) in [5, 5.41) is 11.9. The summed E-state index contributed by atoms with van der Waals surface area (Å²) in [6.07, 6.45) is 9.53. The van der Waals surface area contributed by atoms with Gasteiger partial charge in [0.1, 0.15) is 6.04 Å². The van der Waals surface area contributed by atoms with E-state index in [1.54, 1.807) is 0 Å². The Hall–Kier alpha value is -1.01. The molecule has 0 saturated carbocycles. The lowest BCUT2D eigenvalue weighted by molar-refractivity contribution is -0.140. The Morgan fingerprint density at radius 2 is 2.38 bits per heavy atom. The van der Waals surface area contributed by atoms with Crippen LogP contribution in [0.4, 0.5) is 0 Å². The van der Waals surface area contributed by atoms with E-state index in [1.165, 1.54) is 0 Å². The van der Waals surface area contributed by atoms with E-state index < -0.39 is 5.97 Å². The Morgan fingerprint density at radius 1 is 1.62 bits per heavy atom. The third-order valence-corrected chi connectivity index (χ3v) is 2.42. The van der Waals surface area contributed by atoms with Crippen LogP contribution < -0.4 is 5.32 Å². The monoisotopic (exact) mass is 181 g/mol. The summed E-state index contributed by atoms with van der Waals surface area (Å²) in [6, 6.07) is -0.0672. The second kappa shape index (κ2) is 4.88. The van der Waals surface area contributed by atoms with Gasteiger partial charge in [-0.25, -0.2) is 0 Å². The predicted molar refractivity (Wildman–Crippen MR) is 50.3 cm³/mol. The van der Waals surface area contributed by atoms with Crippen molar-refractivity contribution in [3.8, 4) is 12.3 Å².